The molecule has 0 saturated carbocycles. The van der Waals surface area contributed by atoms with Crippen LogP contribution in [0, 0.1) is 10.1 Å². The molecular formula is C20H25N3O5S. The number of carbonyl (C=O) groups excluding carboxylic acids is 1. The Bertz CT molecular complexity index is 883. The summed E-state index contributed by atoms with van der Waals surface area (Å²) in [4.78, 5) is 26.0. The molecule has 1 aliphatic heterocycles. The Kier molecular flexibility index (Phi) is 6.36. The zero-order valence-corrected chi connectivity index (χ0v) is 17.6. The van der Waals surface area contributed by atoms with Gasteiger partial charge in [-0.15, -0.1) is 0 Å². The van der Waals surface area contributed by atoms with Crippen LogP contribution in [0.3, 0.4) is 0 Å². The minimum atomic E-state index is -0.554. The van der Waals surface area contributed by atoms with Crippen LogP contribution in [0.15, 0.2) is 23.4 Å². The smallest absolute Gasteiger partial charge is 0.315 e. The fourth-order valence-electron chi connectivity index (χ4n) is 3.94. The van der Waals surface area contributed by atoms with Gasteiger partial charge in [-0.05, 0) is 50.0 Å². The lowest BCUT2D eigenvalue weighted by Crippen LogP contribution is -2.49. The van der Waals surface area contributed by atoms with E-state index in [0.29, 0.717) is 29.3 Å². The van der Waals surface area contributed by atoms with E-state index in [1.165, 1.54) is 13.2 Å². The molecule has 0 bridgehead atoms. The maximum atomic E-state index is 12.9. The van der Waals surface area contributed by atoms with Crippen LogP contribution in [-0.2, 0) is 4.79 Å². The molecule has 0 spiro atoms. The number of nitrogens with zero attached hydrogens (tertiary/aromatic N) is 2. The summed E-state index contributed by atoms with van der Waals surface area (Å²) < 4.78 is 10.8. The van der Waals surface area contributed by atoms with Crippen molar-refractivity contribution in [3.8, 4) is 11.5 Å². The number of allylic oxidation sites excluding steroid dienone is 1. The van der Waals surface area contributed by atoms with Gasteiger partial charge in [-0.2, -0.15) is 0 Å². The Hall–Kier alpha value is -2.68. The average molecular weight is 420 g/mol. The van der Waals surface area contributed by atoms with E-state index < -0.39 is 11.0 Å². The number of carbonyl (C=O) groups is 1. The second-order valence-electron chi connectivity index (χ2n) is 6.93. The van der Waals surface area contributed by atoms with E-state index in [1.54, 1.807) is 13.0 Å². The minimum Gasteiger partial charge on any atom is -0.490 e. The third kappa shape index (κ3) is 3.91. The zero-order valence-electron chi connectivity index (χ0n) is 16.8. The highest BCUT2D eigenvalue weighted by molar-refractivity contribution is 7.80. The van der Waals surface area contributed by atoms with Crippen molar-refractivity contribution in [2.45, 2.75) is 45.6 Å². The van der Waals surface area contributed by atoms with E-state index >= 15 is 0 Å². The van der Waals surface area contributed by atoms with E-state index in [2.05, 4.69) is 12.2 Å². The van der Waals surface area contributed by atoms with Gasteiger partial charge in [0, 0.05) is 30.3 Å². The number of ether oxygens (including phenoxy) is 2. The van der Waals surface area contributed by atoms with Crippen molar-refractivity contribution in [3.05, 3.63) is 39.1 Å². The number of Topliss-reactive ketones (excluding diaryl/α,β-unsaturated/α-hetero) is 1. The lowest BCUT2D eigenvalue weighted by molar-refractivity contribution is -0.385. The molecule has 9 heteroatoms. The number of hydrogen-bond acceptors (Lipinski definition) is 6. The molecule has 1 aromatic rings. The molecule has 156 valence electrons. The standard InChI is InChI=1S/C20H25N3O5S/c1-4-9-22-13-7-6-8-15(24)17(13)18(21-20(22)29)12-10-14(23(25)26)19(27-3)16(11-12)28-5-2/h10-11,18H,4-9H2,1-3H3,(H,21,29). The Balaban J connectivity index is 2.18. The van der Waals surface area contributed by atoms with Gasteiger partial charge in [-0.3, -0.25) is 14.9 Å². The largest absolute Gasteiger partial charge is 0.490 e. The van der Waals surface area contributed by atoms with Crippen LogP contribution in [-0.4, -0.2) is 41.0 Å². The van der Waals surface area contributed by atoms with E-state index in [-0.39, 0.29) is 23.0 Å². The Morgan fingerprint density at radius 1 is 1.34 bits per heavy atom. The highest BCUT2D eigenvalue weighted by Gasteiger charge is 2.38. The number of benzene rings is 1. The van der Waals surface area contributed by atoms with Gasteiger partial charge in [0.05, 0.1) is 24.7 Å². The molecule has 1 atom stereocenters. The van der Waals surface area contributed by atoms with Crippen LogP contribution in [0.5, 0.6) is 11.5 Å². The van der Waals surface area contributed by atoms with Crippen LogP contribution in [0.2, 0.25) is 0 Å². The van der Waals surface area contributed by atoms with Crippen molar-refractivity contribution >= 4 is 28.8 Å². The molecule has 1 aromatic carbocycles. The van der Waals surface area contributed by atoms with Gasteiger partial charge in [0.15, 0.2) is 16.6 Å². The van der Waals surface area contributed by atoms with E-state index in [0.717, 1.165) is 31.5 Å². The van der Waals surface area contributed by atoms with Gasteiger partial charge in [0.25, 0.3) is 0 Å². The number of thiocarbonyl (C=S) groups is 1. The normalized spacial score (nSPS) is 19.0. The van der Waals surface area contributed by atoms with E-state index in [4.69, 9.17) is 21.7 Å². The summed E-state index contributed by atoms with van der Waals surface area (Å²) in [7, 11) is 1.37. The van der Waals surface area contributed by atoms with Gasteiger partial charge < -0.3 is 19.7 Å². The molecule has 1 aliphatic carbocycles. The molecule has 8 nitrogen and oxygen atoms in total. The summed E-state index contributed by atoms with van der Waals surface area (Å²) in [6.45, 7) is 4.89. The van der Waals surface area contributed by atoms with Crippen molar-refractivity contribution in [2.75, 3.05) is 20.3 Å². The molecule has 1 N–H and O–H groups in total. The van der Waals surface area contributed by atoms with Crippen molar-refractivity contribution in [1.82, 2.24) is 10.2 Å². The third-order valence-electron chi connectivity index (χ3n) is 5.09. The van der Waals surface area contributed by atoms with Crippen molar-refractivity contribution in [2.24, 2.45) is 0 Å². The number of nitro benzene ring substituents is 1. The molecule has 0 radical (unpaired) electrons. The lowest BCUT2D eigenvalue weighted by Gasteiger charge is -2.41. The van der Waals surface area contributed by atoms with E-state index in [9.17, 15) is 14.9 Å². The van der Waals surface area contributed by atoms with Crippen molar-refractivity contribution in [1.29, 1.82) is 0 Å². The summed E-state index contributed by atoms with van der Waals surface area (Å²) in [5, 5.41) is 15.4. The lowest BCUT2D eigenvalue weighted by atomic mass is 9.84. The highest BCUT2D eigenvalue weighted by Crippen LogP contribution is 2.43. The molecule has 3 rings (SSSR count). The van der Waals surface area contributed by atoms with Crippen molar-refractivity contribution in [3.63, 3.8) is 0 Å². The maximum Gasteiger partial charge on any atom is 0.315 e. The first-order valence-electron chi connectivity index (χ1n) is 9.76. The fraction of sp³-hybridized carbons (Fsp3) is 0.500. The van der Waals surface area contributed by atoms with Gasteiger partial charge in [-0.25, -0.2) is 0 Å². The first-order chi connectivity index (χ1) is 13.9. The molecule has 0 saturated heterocycles. The monoisotopic (exact) mass is 419 g/mol. The predicted molar refractivity (Wildman–Crippen MR) is 112 cm³/mol. The van der Waals surface area contributed by atoms with Crippen LogP contribution >= 0.6 is 12.2 Å². The number of rotatable bonds is 7. The second-order valence-corrected chi connectivity index (χ2v) is 7.32. The number of methoxy groups -OCH3 is 1. The van der Waals surface area contributed by atoms with Gasteiger partial charge in [-0.1, -0.05) is 6.92 Å². The van der Waals surface area contributed by atoms with E-state index in [1.807, 2.05) is 4.90 Å². The zero-order chi connectivity index (χ0) is 21.1. The Morgan fingerprint density at radius 3 is 2.72 bits per heavy atom. The fourth-order valence-corrected chi connectivity index (χ4v) is 4.26. The SMILES string of the molecule is CCCN1C(=S)NC(c2cc(OCC)c(OC)c([N+](=O)[O-])c2)C2=C1CCCC2=O. The molecular weight excluding hydrogens is 394 g/mol. The molecule has 0 amide bonds. The summed E-state index contributed by atoms with van der Waals surface area (Å²) in [5.74, 6) is 0.382. The number of ketones is 1. The third-order valence-corrected chi connectivity index (χ3v) is 5.43. The van der Waals surface area contributed by atoms with Gasteiger partial charge in [0.2, 0.25) is 5.75 Å². The van der Waals surface area contributed by atoms with Crippen LogP contribution in [0.25, 0.3) is 0 Å². The average Bonchev–Trinajstić information content (AvgIpc) is 2.69. The summed E-state index contributed by atoms with van der Waals surface area (Å²) in [5.41, 5.74) is 1.92. The van der Waals surface area contributed by atoms with Gasteiger partial charge >= 0.3 is 5.69 Å². The van der Waals surface area contributed by atoms with Crippen LogP contribution < -0.4 is 14.8 Å². The summed E-state index contributed by atoms with van der Waals surface area (Å²) in [6.07, 6.45) is 2.89. The number of hydrogen-bond donors (Lipinski definition) is 1. The molecule has 0 fully saturated rings. The second kappa shape index (κ2) is 8.77. The first kappa shape index (κ1) is 21.0. The molecule has 1 heterocycles. The first-order valence-corrected chi connectivity index (χ1v) is 10.2. The molecule has 1 unspecified atom stereocenters. The Morgan fingerprint density at radius 2 is 2.10 bits per heavy atom. The quantitative estimate of drug-likeness (QED) is 0.407. The molecule has 2 aliphatic rings. The topological polar surface area (TPSA) is 93.9 Å². The van der Waals surface area contributed by atoms with Crippen molar-refractivity contribution < 1.29 is 19.2 Å². The number of nitrogens with one attached hydrogen (secondary N) is 1. The minimum absolute atomic E-state index is 0.0452. The molecule has 0 aromatic heterocycles. The maximum absolute atomic E-state index is 12.9. The van der Waals surface area contributed by atoms with Crippen LogP contribution in [0.4, 0.5) is 5.69 Å². The Labute approximate surface area is 175 Å². The predicted octanol–water partition coefficient (Wildman–Crippen LogP) is 3.65. The van der Waals surface area contributed by atoms with Gasteiger partial charge in [0.1, 0.15) is 0 Å². The number of nitro groups is 1. The summed E-state index contributed by atoms with van der Waals surface area (Å²) in [6, 6.07) is 2.57. The van der Waals surface area contributed by atoms with Crippen LogP contribution in [0.1, 0.15) is 51.1 Å². The highest BCUT2D eigenvalue weighted by atomic mass is 32.1. The summed E-state index contributed by atoms with van der Waals surface area (Å²) >= 11 is 5.57. The molecule has 29 heavy (non-hydrogen) atoms.